The number of hydrogen-bond donors (Lipinski definition) is 1. The van der Waals surface area contributed by atoms with Gasteiger partial charge in [0, 0.05) is 12.8 Å². The van der Waals surface area contributed by atoms with E-state index in [2.05, 4.69) is 0 Å². The van der Waals surface area contributed by atoms with Gasteiger partial charge in [-0.3, -0.25) is 0 Å². The van der Waals surface area contributed by atoms with Gasteiger partial charge in [-0.15, -0.1) is 0 Å². The molecule has 0 heterocycles. The average molecular weight is 190 g/mol. The van der Waals surface area contributed by atoms with Gasteiger partial charge < -0.3 is 9.90 Å². The van der Waals surface area contributed by atoms with Crippen molar-refractivity contribution in [3.05, 3.63) is 12.2 Å². The lowest BCUT2D eigenvalue weighted by Crippen LogP contribution is -2.33. The zero-order valence-corrected chi connectivity index (χ0v) is 7.17. The Morgan fingerprint density at radius 3 is 2.54 bits per heavy atom. The highest BCUT2D eigenvalue weighted by molar-refractivity contribution is 5.49. The maximum absolute atomic E-state index is 12.6. The summed E-state index contributed by atoms with van der Waals surface area (Å²) in [5.41, 5.74) is -1.21. The van der Waals surface area contributed by atoms with Gasteiger partial charge in [-0.2, -0.15) is 0 Å². The number of aliphatic hydroxyl groups is 1. The number of hydrogen-bond acceptors (Lipinski definition) is 2. The molecule has 13 heavy (non-hydrogen) atoms. The fraction of sp³-hybridized carbons (Fsp3) is 0.667. The molecule has 74 valence electrons. The van der Waals surface area contributed by atoms with Crippen molar-refractivity contribution in [2.24, 2.45) is 0 Å². The zero-order valence-electron chi connectivity index (χ0n) is 7.17. The molecule has 0 aromatic heterocycles. The number of allylic oxidation sites excluding steroid dienone is 1. The van der Waals surface area contributed by atoms with Crippen LogP contribution in [0.1, 0.15) is 25.7 Å². The van der Waals surface area contributed by atoms with Gasteiger partial charge in [0.1, 0.15) is 6.29 Å². The van der Waals surface area contributed by atoms with Gasteiger partial charge in [-0.1, -0.05) is 6.08 Å². The van der Waals surface area contributed by atoms with Crippen LogP contribution in [0.2, 0.25) is 0 Å². The predicted molar refractivity (Wildman–Crippen MR) is 43.6 cm³/mol. The first-order chi connectivity index (χ1) is 5.97. The van der Waals surface area contributed by atoms with E-state index < -0.39 is 11.5 Å². The second-order valence-corrected chi connectivity index (χ2v) is 3.40. The number of carbonyl (C=O) groups excluding carboxylic acids is 1. The zero-order chi connectivity index (χ0) is 9.95. The summed E-state index contributed by atoms with van der Waals surface area (Å²) < 4.78 is 25.2. The van der Waals surface area contributed by atoms with Crippen LogP contribution < -0.4 is 0 Å². The third-order valence-electron chi connectivity index (χ3n) is 2.22. The number of carbonyl (C=O) groups is 1. The molecule has 1 aliphatic rings. The standard InChI is InChI=1S/C9H12F2O2/c10-9(11)5-3-8(13,4-6-9)2-1-7-12/h3,5,7,13H,1-2,4,6H2. The van der Waals surface area contributed by atoms with Crippen molar-refractivity contribution in [2.75, 3.05) is 0 Å². The first-order valence-electron chi connectivity index (χ1n) is 4.22. The highest BCUT2D eigenvalue weighted by atomic mass is 19.3. The number of aldehydes is 1. The number of halogens is 2. The molecule has 1 aliphatic carbocycles. The van der Waals surface area contributed by atoms with Crippen LogP contribution in [0.15, 0.2) is 12.2 Å². The summed E-state index contributed by atoms with van der Waals surface area (Å²) in [5.74, 6) is -2.80. The summed E-state index contributed by atoms with van der Waals surface area (Å²) in [6, 6.07) is 0. The summed E-state index contributed by atoms with van der Waals surface area (Å²) >= 11 is 0. The second-order valence-electron chi connectivity index (χ2n) is 3.40. The molecule has 0 spiro atoms. The van der Waals surface area contributed by atoms with Gasteiger partial charge in [0.25, 0.3) is 5.92 Å². The molecule has 4 heteroatoms. The Bertz CT molecular complexity index is 226. The predicted octanol–water partition coefficient (Wildman–Crippen LogP) is 1.68. The maximum Gasteiger partial charge on any atom is 0.266 e. The highest BCUT2D eigenvalue weighted by Gasteiger charge is 2.36. The minimum Gasteiger partial charge on any atom is -0.386 e. The smallest absolute Gasteiger partial charge is 0.266 e. The number of alkyl halides is 2. The van der Waals surface area contributed by atoms with Crippen LogP contribution in [-0.2, 0) is 4.79 Å². The van der Waals surface area contributed by atoms with E-state index in [1.807, 2.05) is 0 Å². The van der Waals surface area contributed by atoms with Crippen LogP contribution in [0.4, 0.5) is 8.78 Å². The molecule has 1 atom stereocenters. The van der Waals surface area contributed by atoms with Gasteiger partial charge in [0.15, 0.2) is 0 Å². The highest BCUT2D eigenvalue weighted by Crippen LogP contribution is 2.34. The number of rotatable bonds is 3. The van der Waals surface area contributed by atoms with Crippen LogP contribution in [0.25, 0.3) is 0 Å². The molecule has 1 unspecified atom stereocenters. The average Bonchev–Trinajstić information content (AvgIpc) is 2.08. The van der Waals surface area contributed by atoms with Crippen LogP contribution in [0.3, 0.4) is 0 Å². The van der Waals surface area contributed by atoms with E-state index in [-0.39, 0.29) is 25.7 Å². The summed E-state index contributed by atoms with van der Waals surface area (Å²) in [6.07, 6.45) is 2.61. The maximum atomic E-state index is 12.6. The third-order valence-corrected chi connectivity index (χ3v) is 2.22. The minimum atomic E-state index is -2.80. The van der Waals surface area contributed by atoms with E-state index >= 15 is 0 Å². The van der Waals surface area contributed by atoms with Crippen molar-refractivity contribution in [1.82, 2.24) is 0 Å². The Morgan fingerprint density at radius 2 is 2.08 bits per heavy atom. The fourth-order valence-corrected chi connectivity index (χ4v) is 1.34. The van der Waals surface area contributed by atoms with Gasteiger partial charge in [0.05, 0.1) is 5.60 Å². The Labute approximate surface area is 75.3 Å². The Morgan fingerprint density at radius 1 is 1.38 bits per heavy atom. The molecule has 0 radical (unpaired) electrons. The van der Waals surface area contributed by atoms with Crippen LogP contribution >= 0.6 is 0 Å². The Balaban J connectivity index is 2.58. The van der Waals surface area contributed by atoms with E-state index in [4.69, 9.17) is 0 Å². The Kier molecular flexibility index (Phi) is 2.81. The van der Waals surface area contributed by atoms with E-state index in [0.29, 0.717) is 6.29 Å². The molecule has 0 fully saturated rings. The Hall–Kier alpha value is -0.770. The van der Waals surface area contributed by atoms with Gasteiger partial charge in [-0.05, 0) is 18.9 Å². The lowest BCUT2D eigenvalue weighted by atomic mass is 9.86. The minimum absolute atomic E-state index is 0.0182. The molecule has 0 saturated heterocycles. The normalized spacial score (nSPS) is 31.6. The summed E-state index contributed by atoms with van der Waals surface area (Å²) in [5, 5.41) is 9.66. The largest absolute Gasteiger partial charge is 0.386 e. The van der Waals surface area contributed by atoms with Crippen molar-refractivity contribution in [2.45, 2.75) is 37.2 Å². The lowest BCUT2D eigenvalue weighted by molar-refractivity contribution is -0.109. The van der Waals surface area contributed by atoms with Crippen molar-refractivity contribution in [1.29, 1.82) is 0 Å². The molecule has 2 nitrogen and oxygen atoms in total. The topological polar surface area (TPSA) is 37.3 Å². The molecular weight excluding hydrogens is 178 g/mol. The van der Waals surface area contributed by atoms with Crippen molar-refractivity contribution in [3.63, 3.8) is 0 Å². The van der Waals surface area contributed by atoms with Crippen molar-refractivity contribution < 1.29 is 18.7 Å². The molecule has 0 saturated carbocycles. The summed E-state index contributed by atoms with van der Waals surface area (Å²) in [6.45, 7) is 0. The summed E-state index contributed by atoms with van der Waals surface area (Å²) in [4.78, 5) is 10.0. The molecule has 0 amide bonds. The third kappa shape index (κ3) is 2.88. The molecule has 0 aromatic rings. The molecule has 1 N–H and O–H groups in total. The van der Waals surface area contributed by atoms with Gasteiger partial charge in [0.2, 0.25) is 0 Å². The van der Waals surface area contributed by atoms with Crippen molar-refractivity contribution >= 4 is 6.29 Å². The van der Waals surface area contributed by atoms with E-state index in [9.17, 15) is 18.7 Å². The monoisotopic (exact) mass is 190 g/mol. The van der Waals surface area contributed by atoms with E-state index in [1.54, 1.807) is 0 Å². The first kappa shape index (κ1) is 10.3. The SMILES string of the molecule is O=CCCC1(O)C=CC(F)(F)CC1. The van der Waals surface area contributed by atoms with Crippen LogP contribution in [-0.4, -0.2) is 22.9 Å². The second kappa shape index (κ2) is 3.54. The van der Waals surface area contributed by atoms with Gasteiger partial charge in [-0.25, -0.2) is 8.78 Å². The van der Waals surface area contributed by atoms with Gasteiger partial charge >= 0.3 is 0 Å². The molecule has 1 rings (SSSR count). The lowest BCUT2D eigenvalue weighted by Gasteiger charge is -2.30. The van der Waals surface area contributed by atoms with E-state index in [0.717, 1.165) is 12.2 Å². The van der Waals surface area contributed by atoms with Crippen LogP contribution in [0, 0.1) is 0 Å². The first-order valence-corrected chi connectivity index (χ1v) is 4.22. The molecule has 0 aliphatic heterocycles. The summed E-state index contributed by atoms with van der Waals surface area (Å²) in [7, 11) is 0. The fourth-order valence-electron chi connectivity index (χ4n) is 1.34. The van der Waals surface area contributed by atoms with E-state index in [1.165, 1.54) is 0 Å². The molecule has 0 bridgehead atoms. The van der Waals surface area contributed by atoms with Crippen molar-refractivity contribution in [3.8, 4) is 0 Å². The molecule has 0 aromatic carbocycles. The molecular formula is C9H12F2O2. The quantitative estimate of drug-likeness (QED) is 0.543. The van der Waals surface area contributed by atoms with Crippen LogP contribution in [0.5, 0.6) is 0 Å².